The molecule has 12 heteroatoms. The van der Waals surface area contributed by atoms with Crippen LogP contribution in [-0.4, -0.2) is 49.6 Å². The first kappa shape index (κ1) is 25.2. The zero-order valence-electron chi connectivity index (χ0n) is 19.6. The van der Waals surface area contributed by atoms with E-state index in [4.69, 9.17) is 9.47 Å². The molecule has 0 radical (unpaired) electrons. The topological polar surface area (TPSA) is 83.9 Å². The third kappa shape index (κ3) is 5.82. The first-order valence-corrected chi connectivity index (χ1v) is 11.0. The lowest BCUT2D eigenvalue weighted by molar-refractivity contribution is -0.137. The van der Waals surface area contributed by atoms with E-state index >= 15 is 0 Å². The smallest absolute Gasteiger partial charge is 0.416 e. The van der Waals surface area contributed by atoms with Gasteiger partial charge in [0, 0.05) is 29.9 Å². The van der Waals surface area contributed by atoms with Crippen molar-refractivity contribution in [2.24, 2.45) is 5.10 Å². The Labute approximate surface area is 205 Å². The van der Waals surface area contributed by atoms with Crippen LogP contribution in [0.4, 0.5) is 40.7 Å². The van der Waals surface area contributed by atoms with Gasteiger partial charge in [-0.2, -0.15) is 23.3 Å². The molecule has 8 nitrogen and oxygen atoms in total. The summed E-state index contributed by atoms with van der Waals surface area (Å²) in [5, 5.41) is 7.12. The van der Waals surface area contributed by atoms with Crippen molar-refractivity contribution in [2.75, 3.05) is 49.1 Å². The third-order valence-electron chi connectivity index (χ3n) is 5.53. The first-order chi connectivity index (χ1) is 17.3. The van der Waals surface area contributed by atoms with Crippen molar-refractivity contribution in [3.63, 3.8) is 0 Å². The molecule has 0 unspecified atom stereocenters. The Kier molecular flexibility index (Phi) is 7.53. The van der Waals surface area contributed by atoms with E-state index in [9.17, 15) is 17.6 Å². The van der Waals surface area contributed by atoms with Crippen LogP contribution in [0.15, 0.2) is 47.7 Å². The monoisotopic (exact) mass is 504 g/mol. The number of alkyl halides is 3. The molecule has 2 aromatic carbocycles. The standard InChI is InChI=1S/C24H24F4N6O2/c1-15-16(13-30-33-23-29-14-19(25)22(32-23)34-8-10-36-11-9-34)6-7-20(21(15)35-2)31-18-5-3-4-17(12-18)24(26,27)28/h3-7,12-14,31H,8-11H2,1-2H3,(H,29,32,33)/b30-13+. The number of hydrazone groups is 1. The fourth-order valence-electron chi connectivity index (χ4n) is 3.71. The molecule has 1 fully saturated rings. The van der Waals surface area contributed by atoms with Crippen LogP contribution < -0.4 is 20.4 Å². The summed E-state index contributed by atoms with van der Waals surface area (Å²) < 4.78 is 64.1. The van der Waals surface area contributed by atoms with Crippen molar-refractivity contribution < 1.29 is 27.0 Å². The van der Waals surface area contributed by atoms with E-state index in [1.807, 2.05) is 0 Å². The molecule has 3 aromatic rings. The van der Waals surface area contributed by atoms with Gasteiger partial charge in [-0.1, -0.05) is 12.1 Å². The summed E-state index contributed by atoms with van der Waals surface area (Å²) in [6.45, 7) is 3.82. The summed E-state index contributed by atoms with van der Waals surface area (Å²) in [5.41, 5.74) is 4.10. The Hall–Kier alpha value is -3.93. The van der Waals surface area contributed by atoms with E-state index in [1.165, 1.54) is 25.5 Å². The third-order valence-corrected chi connectivity index (χ3v) is 5.53. The zero-order chi connectivity index (χ0) is 25.7. The van der Waals surface area contributed by atoms with Gasteiger partial charge in [0.2, 0.25) is 5.95 Å². The molecule has 0 amide bonds. The van der Waals surface area contributed by atoms with E-state index in [0.29, 0.717) is 48.9 Å². The van der Waals surface area contributed by atoms with E-state index in [2.05, 4.69) is 25.8 Å². The highest BCUT2D eigenvalue weighted by molar-refractivity contribution is 5.86. The Morgan fingerprint density at radius 1 is 1.17 bits per heavy atom. The molecule has 4 rings (SSSR count). The maximum Gasteiger partial charge on any atom is 0.416 e. The van der Waals surface area contributed by atoms with E-state index in [-0.39, 0.29) is 17.5 Å². The largest absolute Gasteiger partial charge is 0.494 e. The normalized spacial score (nSPS) is 14.2. The molecule has 1 aliphatic rings. The molecule has 2 heterocycles. The summed E-state index contributed by atoms with van der Waals surface area (Å²) in [5.74, 6) is 0.218. The van der Waals surface area contributed by atoms with Gasteiger partial charge < -0.3 is 19.7 Å². The maximum absolute atomic E-state index is 14.2. The zero-order valence-corrected chi connectivity index (χ0v) is 19.6. The summed E-state index contributed by atoms with van der Waals surface area (Å²) in [6, 6.07) is 8.33. The van der Waals surface area contributed by atoms with Crippen molar-refractivity contribution in [1.82, 2.24) is 9.97 Å². The quantitative estimate of drug-likeness (QED) is 0.267. The van der Waals surface area contributed by atoms with Crippen molar-refractivity contribution in [1.29, 1.82) is 0 Å². The number of anilines is 4. The minimum absolute atomic E-state index is 0.126. The predicted molar refractivity (Wildman–Crippen MR) is 129 cm³/mol. The number of aromatic nitrogens is 2. The summed E-state index contributed by atoms with van der Waals surface area (Å²) in [7, 11) is 1.47. The second-order valence-electron chi connectivity index (χ2n) is 7.90. The predicted octanol–water partition coefficient (Wildman–Crippen LogP) is 4.98. The highest BCUT2D eigenvalue weighted by atomic mass is 19.4. The lowest BCUT2D eigenvalue weighted by Gasteiger charge is -2.27. The second-order valence-corrected chi connectivity index (χ2v) is 7.90. The van der Waals surface area contributed by atoms with Gasteiger partial charge in [-0.25, -0.2) is 14.8 Å². The van der Waals surface area contributed by atoms with Crippen LogP contribution in [0.2, 0.25) is 0 Å². The van der Waals surface area contributed by atoms with Crippen molar-refractivity contribution in [2.45, 2.75) is 13.1 Å². The summed E-state index contributed by atoms with van der Waals surface area (Å²) in [4.78, 5) is 9.91. The molecule has 1 saturated heterocycles. The van der Waals surface area contributed by atoms with Crippen LogP contribution in [0, 0.1) is 12.7 Å². The minimum atomic E-state index is -4.44. The molecule has 36 heavy (non-hydrogen) atoms. The van der Waals surface area contributed by atoms with Crippen LogP contribution in [0.1, 0.15) is 16.7 Å². The van der Waals surface area contributed by atoms with E-state index in [0.717, 1.165) is 18.3 Å². The van der Waals surface area contributed by atoms with Gasteiger partial charge in [0.15, 0.2) is 11.6 Å². The van der Waals surface area contributed by atoms with Gasteiger partial charge in [0.05, 0.1) is 44.0 Å². The van der Waals surface area contributed by atoms with Crippen LogP contribution in [0.5, 0.6) is 5.75 Å². The number of halogens is 4. The van der Waals surface area contributed by atoms with Gasteiger partial charge >= 0.3 is 6.18 Å². The molecule has 0 saturated carbocycles. The minimum Gasteiger partial charge on any atom is -0.494 e. The van der Waals surface area contributed by atoms with E-state index < -0.39 is 17.6 Å². The number of ether oxygens (including phenoxy) is 2. The van der Waals surface area contributed by atoms with Gasteiger partial charge in [-0.3, -0.25) is 0 Å². The van der Waals surface area contributed by atoms with Crippen LogP contribution >= 0.6 is 0 Å². The van der Waals surface area contributed by atoms with Gasteiger partial charge in [0.1, 0.15) is 5.75 Å². The molecule has 1 aromatic heterocycles. The molecular weight excluding hydrogens is 480 g/mol. The number of methoxy groups -OCH3 is 1. The van der Waals surface area contributed by atoms with Crippen molar-refractivity contribution in [3.05, 3.63) is 65.1 Å². The Morgan fingerprint density at radius 2 is 1.94 bits per heavy atom. The molecule has 2 N–H and O–H groups in total. The molecule has 0 spiro atoms. The number of nitrogens with zero attached hydrogens (tertiary/aromatic N) is 4. The lowest BCUT2D eigenvalue weighted by atomic mass is 10.1. The fraction of sp³-hybridized carbons (Fsp3) is 0.292. The Balaban J connectivity index is 1.50. The molecule has 190 valence electrons. The molecule has 0 aliphatic carbocycles. The molecule has 0 atom stereocenters. The SMILES string of the molecule is COc1c(Nc2cccc(C(F)(F)F)c2)ccc(/C=N/Nc2ncc(F)c(N3CCOCC3)n2)c1C. The summed E-state index contributed by atoms with van der Waals surface area (Å²) >= 11 is 0. The fourth-order valence-corrected chi connectivity index (χ4v) is 3.71. The van der Waals surface area contributed by atoms with Crippen molar-refractivity contribution in [3.8, 4) is 5.75 Å². The van der Waals surface area contributed by atoms with Gasteiger partial charge in [-0.05, 0) is 31.2 Å². The number of hydrogen-bond acceptors (Lipinski definition) is 8. The van der Waals surface area contributed by atoms with Crippen LogP contribution in [0.3, 0.4) is 0 Å². The number of hydrogen-bond donors (Lipinski definition) is 2. The number of morpholine rings is 1. The van der Waals surface area contributed by atoms with Gasteiger partial charge in [0.25, 0.3) is 0 Å². The number of benzene rings is 2. The molecular formula is C24H24F4N6O2. The van der Waals surface area contributed by atoms with E-state index in [1.54, 1.807) is 24.0 Å². The first-order valence-electron chi connectivity index (χ1n) is 11.0. The number of rotatable bonds is 7. The maximum atomic E-state index is 14.2. The summed E-state index contributed by atoms with van der Waals surface area (Å²) in [6.07, 6.45) is -1.84. The average molecular weight is 504 g/mol. The Morgan fingerprint density at radius 3 is 2.67 bits per heavy atom. The van der Waals surface area contributed by atoms with Gasteiger partial charge in [-0.15, -0.1) is 0 Å². The van der Waals surface area contributed by atoms with Crippen molar-refractivity contribution >= 4 is 29.4 Å². The molecule has 0 bridgehead atoms. The highest BCUT2D eigenvalue weighted by Crippen LogP contribution is 2.35. The van der Waals surface area contributed by atoms with Crippen LogP contribution in [0.25, 0.3) is 0 Å². The highest BCUT2D eigenvalue weighted by Gasteiger charge is 2.30. The number of nitrogens with one attached hydrogen (secondary N) is 2. The Bertz CT molecular complexity index is 1250. The lowest BCUT2D eigenvalue weighted by Crippen LogP contribution is -2.37. The average Bonchev–Trinajstić information content (AvgIpc) is 2.87. The second kappa shape index (κ2) is 10.8. The molecule has 1 aliphatic heterocycles. The van der Waals surface area contributed by atoms with Crippen LogP contribution in [-0.2, 0) is 10.9 Å².